The molecule has 0 aliphatic carbocycles. The van der Waals surface area contributed by atoms with Crippen molar-refractivity contribution in [2.45, 2.75) is 4.90 Å². The molecule has 0 atom stereocenters. The van der Waals surface area contributed by atoms with Gasteiger partial charge in [0.05, 0.1) is 19.4 Å². The number of anilines is 1. The lowest BCUT2D eigenvalue weighted by Gasteiger charge is -2.34. The molecular weight excluding hydrogens is 393 g/mol. The van der Waals surface area contributed by atoms with Crippen LogP contribution in [0.15, 0.2) is 53.4 Å². The molecule has 0 saturated carbocycles. The summed E-state index contributed by atoms with van der Waals surface area (Å²) in [4.78, 5) is 29.5. The number of benzene rings is 2. The van der Waals surface area contributed by atoms with Gasteiger partial charge in [0.1, 0.15) is 11.6 Å². The summed E-state index contributed by atoms with van der Waals surface area (Å²) in [6.07, 6.45) is 0. The van der Waals surface area contributed by atoms with Crippen LogP contribution in [0.2, 0.25) is 0 Å². The Morgan fingerprint density at radius 2 is 1.69 bits per heavy atom. The summed E-state index contributed by atoms with van der Waals surface area (Å²) in [5.41, 5.74) is 0.570. The van der Waals surface area contributed by atoms with E-state index in [2.05, 4.69) is 5.32 Å². The first-order chi connectivity index (χ1) is 14.0. The van der Waals surface area contributed by atoms with Gasteiger partial charge < -0.3 is 15.0 Å². The molecule has 0 unspecified atom stereocenters. The Labute approximate surface area is 174 Å². The summed E-state index contributed by atoms with van der Waals surface area (Å²) in [6.45, 7) is 2.75. The Morgan fingerprint density at radius 1 is 1.03 bits per heavy atom. The first-order valence-electron chi connectivity index (χ1n) is 9.36. The van der Waals surface area contributed by atoms with Gasteiger partial charge in [-0.1, -0.05) is 0 Å². The number of thioether (sulfide) groups is 1. The minimum Gasteiger partial charge on any atom is -0.497 e. The lowest BCUT2D eigenvalue weighted by Crippen LogP contribution is -2.50. The number of halogens is 1. The monoisotopic (exact) mass is 417 g/mol. The Balaban J connectivity index is 1.38. The lowest BCUT2D eigenvalue weighted by atomic mass is 10.3. The molecule has 2 aromatic carbocycles. The summed E-state index contributed by atoms with van der Waals surface area (Å²) >= 11 is 1.50. The average Bonchev–Trinajstić information content (AvgIpc) is 2.74. The molecule has 1 saturated heterocycles. The summed E-state index contributed by atoms with van der Waals surface area (Å²) in [5.74, 6) is 0.791. The van der Waals surface area contributed by atoms with Crippen LogP contribution in [0.3, 0.4) is 0 Å². The number of nitrogens with one attached hydrogen (secondary N) is 1. The molecular formula is C21H24FN3O3S. The number of rotatable bonds is 7. The fraction of sp³-hybridized carbons (Fsp3) is 0.333. The largest absolute Gasteiger partial charge is 0.497 e. The summed E-state index contributed by atoms with van der Waals surface area (Å²) < 4.78 is 18.1. The van der Waals surface area contributed by atoms with E-state index in [1.807, 2.05) is 34.1 Å². The zero-order valence-electron chi connectivity index (χ0n) is 16.3. The number of methoxy groups -OCH3 is 1. The van der Waals surface area contributed by atoms with Crippen LogP contribution in [0.1, 0.15) is 0 Å². The van der Waals surface area contributed by atoms with Gasteiger partial charge >= 0.3 is 0 Å². The second kappa shape index (κ2) is 10.3. The molecule has 6 nitrogen and oxygen atoms in total. The van der Waals surface area contributed by atoms with Crippen molar-refractivity contribution in [2.75, 3.05) is 50.9 Å². The van der Waals surface area contributed by atoms with Crippen LogP contribution < -0.4 is 10.1 Å². The van der Waals surface area contributed by atoms with E-state index in [9.17, 15) is 14.0 Å². The number of amides is 2. The van der Waals surface area contributed by atoms with Crippen molar-refractivity contribution < 1.29 is 18.7 Å². The Hall–Kier alpha value is -2.58. The van der Waals surface area contributed by atoms with Crippen molar-refractivity contribution >= 4 is 29.3 Å². The maximum Gasteiger partial charge on any atom is 0.238 e. The third kappa shape index (κ3) is 6.47. The molecule has 0 spiro atoms. The predicted molar refractivity (Wildman–Crippen MR) is 112 cm³/mol. The molecule has 0 radical (unpaired) electrons. The van der Waals surface area contributed by atoms with E-state index in [-0.39, 0.29) is 24.2 Å². The zero-order chi connectivity index (χ0) is 20.6. The van der Waals surface area contributed by atoms with E-state index in [1.54, 1.807) is 7.11 Å². The minimum atomic E-state index is -0.339. The number of ether oxygens (including phenoxy) is 1. The Morgan fingerprint density at radius 3 is 2.31 bits per heavy atom. The molecule has 0 bridgehead atoms. The van der Waals surface area contributed by atoms with Gasteiger partial charge in [-0.15, -0.1) is 11.8 Å². The molecule has 1 aliphatic rings. The fourth-order valence-corrected chi connectivity index (χ4v) is 3.80. The van der Waals surface area contributed by atoms with Gasteiger partial charge in [0, 0.05) is 36.8 Å². The number of piperazine rings is 1. The number of hydrogen-bond donors (Lipinski definition) is 1. The SMILES string of the molecule is COc1ccc(SCC(=O)N2CCN(CC(=O)Nc3ccc(F)cc3)CC2)cc1. The van der Waals surface area contributed by atoms with E-state index >= 15 is 0 Å². The third-order valence-corrected chi connectivity index (χ3v) is 5.64. The number of carbonyl (C=O) groups is 2. The van der Waals surface area contributed by atoms with Crippen LogP contribution in [0.4, 0.5) is 10.1 Å². The van der Waals surface area contributed by atoms with Gasteiger partial charge in [-0.25, -0.2) is 4.39 Å². The number of hydrogen-bond acceptors (Lipinski definition) is 5. The second-order valence-corrected chi connectivity index (χ2v) is 7.72. The third-order valence-electron chi connectivity index (χ3n) is 4.64. The summed E-state index contributed by atoms with van der Waals surface area (Å²) in [6, 6.07) is 13.3. The predicted octanol–water partition coefficient (Wildman–Crippen LogP) is 2.71. The first kappa shape index (κ1) is 21.1. The number of nitrogens with zero attached hydrogens (tertiary/aromatic N) is 2. The zero-order valence-corrected chi connectivity index (χ0v) is 17.1. The molecule has 1 fully saturated rings. The van der Waals surface area contributed by atoms with Crippen LogP contribution >= 0.6 is 11.8 Å². The summed E-state index contributed by atoms with van der Waals surface area (Å²) in [7, 11) is 1.62. The van der Waals surface area contributed by atoms with E-state index in [0.717, 1.165) is 10.6 Å². The molecule has 8 heteroatoms. The van der Waals surface area contributed by atoms with Crippen molar-refractivity contribution in [3.05, 3.63) is 54.3 Å². The highest BCUT2D eigenvalue weighted by Crippen LogP contribution is 2.21. The highest BCUT2D eigenvalue weighted by atomic mass is 32.2. The second-order valence-electron chi connectivity index (χ2n) is 6.68. The van der Waals surface area contributed by atoms with E-state index < -0.39 is 0 Å². The van der Waals surface area contributed by atoms with Crippen molar-refractivity contribution in [1.82, 2.24) is 9.80 Å². The molecule has 154 valence electrons. The lowest BCUT2D eigenvalue weighted by molar-refractivity contribution is -0.130. The van der Waals surface area contributed by atoms with Crippen molar-refractivity contribution in [3.63, 3.8) is 0 Å². The van der Waals surface area contributed by atoms with Gasteiger partial charge in [0.15, 0.2) is 0 Å². The van der Waals surface area contributed by atoms with Crippen molar-refractivity contribution in [3.8, 4) is 5.75 Å². The topological polar surface area (TPSA) is 61.9 Å². The Kier molecular flexibility index (Phi) is 7.48. The van der Waals surface area contributed by atoms with Gasteiger partial charge in [-0.3, -0.25) is 14.5 Å². The maximum atomic E-state index is 12.9. The van der Waals surface area contributed by atoms with Crippen LogP contribution in [-0.4, -0.2) is 67.2 Å². The smallest absolute Gasteiger partial charge is 0.238 e. The van der Waals surface area contributed by atoms with Gasteiger partial charge in [0.2, 0.25) is 11.8 Å². The number of carbonyl (C=O) groups excluding carboxylic acids is 2. The molecule has 2 amide bonds. The molecule has 1 aliphatic heterocycles. The van der Waals surface area contributed by atoms with Crippen LogP contribution in [-0.2, 0) is 9.59 Å². The summed E-state index contributed by atoms with van der Waals surface area (Å²) in [5, 5.41) is 2.76. The highest BCUT2D eigenvalue weighted by Gasteiger charge is 2.22. The maximum absolute atomic E-state index is 12.9. The average molecular weight is 418 g/mol. The van der Waals surface area contributed by atoms with Gasteiger partial charge in [0.25, 0.3) is 0 Å². The first-order valence-corrected chi connectivity index (χ1v) is 10.3. The molecule has 1 heterocycles. The quantitative estimate of drug-likeness (QED) is 0.702. The van der Waals surface area contributed by atoms with Gasteiger partial charge in [-0.2, -0.15) is 0 Å². The molecule has 3 rings (SSSR count). The van der Waals surface area contributed by atoms with Crippen LogP contribution in [0, 0.1) is 5.82 Å². The van der Waals surface area contributed by atoms with Crippen LogP contribution in [0.5, 0.6) is 5.75 Å². The standard InChI is InChI=1S/C21H24FN3O3S/c1-28-18-6-8-19(9-7-18)29-15-21(27)25-12-10-24(11-13-25)14-20(26)23-17-4-2-16(22)3-5-17/h2-9H,10-15H2,1H3,(H,23,26). The minimum absolute atomic E-state index is 0.0984. The van der Waals surface area contributed by atoms with E-state index in [4.69, 9.17) is 4.74 Å². The van der Waals surface area contributed by atoms with Crippen LogP contribution in [0.25, 0.3) is 0 Å². The molecule has 0 aromatic heterocycles. The normalized spacial score (nSPS) is 14.5. The highest BCUT2D eigenvalue weighted by molar-refractivity contribution is 8.00. The molecule has 1 N–H and O–H groups in total. The molecule has 2 aromatic rings. The van der Waals surface area contributed by atoms with E-state index in [0.29, 0.717) is 37.6 Å². The van der Waals surface area contributed by atoms with Crippen molar-refractivity contribution in [2.24, 2.45) is 0 Å². The van der Waals surface area contributed by atoms with E-state index in [1.165, 1.54) is 36.0 Å². The van der Waals surface area contributed by atoms with Gasteiger partial charge in [-0.05, 0) is 48.5 Å². The van der Waals surface area contributed by atoms with Crippen molar-refractivity contribution in [1.29, 1.82) is 0 Å². The Bertz CT molecular complexity index is 822. The fourth-order valence-electron chi connectivity index (χ4n) is 3.00. The molecule has 29 heavy (non-hydrogen) atoms.